The number of nitrogens with zero attached hydrogens (tertiary/aromatic N) is 3. The molecule has 1 heterocycles. The number of aryl methyl sites for hydroxylation is 1. The third-order valence-electron chi connectivity index (χ3n) is 2.95. The van der Waals surface area contributed by atoms with Crippen LogP contribution in [0, 0.1) is 17.1 Å². The Kier molecular flexibility index (Phi) is 4.51. The van der Waals surface area contributed by atoms with Gasteiger partial charge in [-0.25, -0.2) is 14.2 Å². The molecule has 2 N–H and O–H groups in total. The van der Waals surface area contributed by atoms with Crippen molar-refractivity contribution in [2.75, 3.05) is 0 Å². The highest BCUT2D eigenvalue weighted by Gasteiger charge is 2.07. The number of amides is 2. The van der Waals surface area contributed by atoms with Gasteiger partial charge in [-0.15, -0.1) is 0 Å². The number of aromatic nitrogens is 2. The Bertz CT molecular complexity index is 689. The molecule has 0 aliphatic rings. The van der Waals surface area contributed by atoms with Crippen LogP contribution in [0.3, 0.4) is 0 Å². The molecule has 0 aliphatic heterocycles. The maximum Gasteiger partial charge on any atom is 0.315 e. The van der Waals surface area contributed by atoms with Gasteiger partial charge in [-0.2, -0.15) is 5.26 Å². The molecule has 6 nitrogen and oxygen atoms in total. The fraction of sp³-hybridized carbons (Fsp3) is 0.214. The number of halogens is 1. The Hall–Kier alpha value is -2.88. The number of benzene rings is 1. The molecule has 0 bridgehead atoms. The van der Waals surface area contributed by atoms with E-state index in [1.54, 1.807) is 17.0 Å². The largest absolute Gasteiger partial charge is 0.337 e. The van der Waals surface area contributed by atoms with Gasteiger partial charge in [0, 0.05) is 31.5 Å². The van der Waals surface area contributed by atoms with Gasteiger partial charge in [0.1, 0.15) is 11.6 Å². The van der Waals surface area contributed by atoms with Gasteiger partial charge in [0.15, 0.2) is 0 Å². The van der Waals surface area contributed by atoms with E-state index in [9.17, 15) is 9.18 Å². The third-order valence-corrected chi connectivity index (χ3v) is 2.95. The molecular weight excluding hydrogens is 273 g/mol. The second kappa shape index (κ2) is 6.52. The third kappa shape index (κ3) is 3.79. The van der Waals surface area contributed by atoms with Gasteiger partial charge in [-0.1, -0.05) is 6.07 Å². The van der Waals surface area contributed by atoms with E-state index in [1.165, 1.54) is 12.1 Å². The number of hydrogen-bond acceptors (Lipinski definition) is 3. The zero-order chi connectivity index (χ0) is 15.2. The second-order valence-electron chi connectivity index (χ2n) is 4.41. The van der Waals surface area contributed by atoms with Gasteiger partial charge in [-0.3, -0.25) is 0 Å². The number of urea groups is 1. The number of rotatable bonds is 4. The summed E-state index contributed by atoms with van der Waals surface area (Å²) in [5, 5.41) is 13.8. The average molecular weight is 287 g/mol. The highest BCUT2D eigenvalue weighted by molar-refractivity contribution is 5.73. The van der Waals surface area contributed by atoms with Crippen molar-refractivity contribution < 1.29 is 9.18 Å². The molecule has 0 radical (unpaired) electrons. The van der Waals surface area contributed by atoms with Crippen molar-refractivity contribution in [1.82, 2.24) is 20.2 Å². The maximum absolute atomic E-state index is 13.6. The van der Waals surface area contributed by atoms with E-state index in [2.05, 4.69) is 15.6 Å². The van der Waals surface area contributed by atoms with E-state index in [0.717, 1.165) is 11.9 Å². The monoisotopic (exact) mass is 287 g/mol. The average Bonchev–Trinajstić information content (AvgIpc) is 2.89. The van der Waals surface area contributed by atoms with Crippen molar-refractivity contribution in [2.45, 2.75) is 13.1 Å². The molecule has 1 aromatic heterocycles. The van der Waals surface area contributed by atoms with Crippen molar-refractivity contribution in [2.24, 2.45) is 7.05 Å². The minimum absolute atomic E-state index is 0.0456. The summed E-state index contributed by atoms with van der Waals surface area (Å²) in [5.41, 5.74) is 0.566. The number of nitriles is 1. The molecular formula is C14H14FN5O. The SMILES string of the molecule is Cn1ccnc1CNC(=O)NCc1ccc(C#N)cc1F. The normalized spacial score (nSPS) is 9.95. The number of carbonyl (C=O) groups excluding carboxylic acids is 1. The molecule has 7 heteroatoms. The van der Waals surface area contributed by atoms with Gasteiger partial charge < -0.3 is 15.2 Å². The summed E-state index contributed by atoms with van der Waals surface area (Å²) >= 11 is 0. The van der Waals surface area contributed by atoms with E-state index in [-0.39, 0.29) is 18.7 Å². The number of nitrogens with one attached hydrogen (secondary N) is 2. The molecule has 2 amide bonds. The minimum Gasteiger partial charge on any atom is -0.337 e. The van der Waals surface area contributed by atoms with Crippen molar-refractivity contribution in [3.05, 3.63) is 53.4 Å². The van der Waals surface area contributed by atoms with Crippen LogP contribution in [0.2, 0.25) is 0 Å². The molecule has 21 heavy (non-hydrogen) atoms. The van der Waals surface area contributed by atoms with Crippen LogP contribution in [0.15, 0.2) is 30.6 Å². The summed E-state index contributed by atoms with van der Waals surface area (Å²) in [4.78, 5) is 15.7. The minimum atomic E-state index is -0.515. The van der Waals surface area contributed by atoms with Crippen molar-refractivity contribution >= 4 is 6.03 Å². The van der Waals surface area contributed by atoms with E-state index in [4.69, 9.17) is 5.26 Å². The van der Waals surface area contributed by atoms with Crippen molar-refractivity contribution in [1.29, 1.82) is 5.26 Å². The summed E-state index contributed by atoms with van der Waals surface area (Å²) in [5.74, 6) is 0.202. The van der Waals surface area contributed by atoms with Crippen molar-refractivity contribution in [3.63, 3.8) is 0 Å². The van der Waals surface area contributed by atoms with Crippen LogP contribution in [-0.4, -0.2) is 15.6 Å². The van der Waals surface area contributed by atoms with Crippen LogP contribution in [0.25, 0.3) is 0 Å². The summed E-state index contributed by atoms with van der Waals surface area (Å²) in [7, 11) is 1.83. The summed E-state index contributed by atoms with van der Waals surface area (Å²) in [6, 6.07) is 5.56. The molecule has 0 aliphatic carbocycles. The number of carbonyl (C=O) groups is 1. The van der Waals surface area contributed by atoms with Gasteiger partial charge in [0.05, 0.1) is 18.2 Å². The Morgan fingerprint density at radius 2 is 2.19 bits per heavy atom. The van der Waals surface area contributed by atoms with Gasteiger partial charge in [-0.05, 0) is 12.1 Å². The Morgan fingerprint density at radius 3 is 2.81 bits per heavy atom. The molecule has 0 saturated heterocycles. The predicted molar refractivity (Wildman–Crippen MR) is 73.4 cm³/mol. The van der Waals surface area contributed by atoms with Gasteiger partial charge >= 0.3 is 6.03 Å². The Labute approximate surface area is 121 Å². The molecule has 0 fully saturated rings. The highest BCUT2D eigenvalue weighted by Crippen LogP contribution is 2.09. The lowest BCUT2D eigenvalue weighted by atomic mass is 10.1. The van der Waals surface area contributed by atoms with E-state index in [0.29, 0.717) is 5.56 Å². The smallest absolute Gasteiger partial charge is 0.315 e. The lowest BCUT2D eigenvalue weighted by Crippen LogP contribution is -2.35. The molecule has 2 rings (SSSR count). The van der Waals surface area contributed by atoms with E-state index >= 15 is 0 Å². The fourth-order valence-electron chi connectivity index (χ4n) is 1.72. The Morgan fingerprint density at radius 1 is 1.43 bits per heavy atom. The van der Waals surface area contributed by atoms with E-state index in [1.807, 2.05) is 13.1 Å². The molecule has 0 spiro atoms. The lowest BCUT2D eigenvalue weighted by molar-refractivity contribution is 0.239. The summed E-state index contributed by atoms with van der Waals surface area (Å²) in [6.07, 6.45) is 3.42. The molecule has 108 valence electrons. The first-order valence-electron chi connectivity index (χ1n) is 6.26. The van der Waals surface area contributed by atoms with Crippen LogP contribution in [0.1, 0.15) is 17.0 Å². The number of hydrogen-bond donors (Lipinski definition) is 2. The van der Waals surface area contributed by atoms with Crippen molar-refractivity contribution in [3.8, 4) is 6.07 Å². The van der Waals surface area contributed by atoms with Gasteiger partial charge in [0.2, 0.25) is 0 Å². The van der Waals surface area contributed by atoms with Gasteiger partial charge in [0.25, 0.3) is 0 Å². The first kappa shape index (κ1) is 14.5. The lowest BCUT2D eigenvalue weighted by Gasteiger charge is -2.08. The molecule has 0 atom stereocenters. The fourth-order valence-corrected chi connectivity index (χ4v) is 1.72. The Balaban J connectivity index is 1.84. The van der Waals surface area contributed by atoms with Crippen LogP contribution in [0.4, 0.5) is 9.18 Å². The zero-order valence-corrected chi connectivity index (χ0v) is 11.4. The van der Waals surface area contributed by atoms with Crippen LogP contribution in [0.5, 0.6) is 0 Å². The summed E-state index contributed by atoms with van der Waals surface area (Å²) < 4.78 is 15.4. The van der Waals surface area contributed by atoms with Crippen LogP contribution >= 0.6 is 0 Å². The quantitative estimate of drug-likeness (QED) is 0.892. The maximum atomic E-state index is 13.6. The van der Waals surface area contributed by atoms with Crippen LogP contribution < -0.4 is 10.6 Å². The standard InChI is InChI=1S/C14H14FN5O/c1-20-5-4-17-13(20)9-19-14(21)18-8-11-3-2-10(7-16)6-12(11)15/h2-6H,8-9H2,1H3,(H2,18,19,21). The zero-order valence-electron chi connectivity index (χ0n) is 11.4. The van der Waals surface area contributed by atoms with Crippen LogP contribution in [-0.2, 0) is 20.1 Å². The first-order chi connectivity index (χ1) is 10.1. The molecule has 0 unspecified atom stereocenters. The summed E-state index contributed by atoms with van der Waals surface area (Å²) in [6.45, 7) is 0.328. The first-order valence-corrected chi connectivity index (χ1v) is 6.26. The molecule has 1 aromatic carbocycles. The predicted octanol–water partition coefficient (Wildman–Crippen LogP) is 1.43. The topological polar surface area (TPSA) is 82.7 Å². The van der Waals surface area contributed by atoms with E-state index < -0.39 is 11.8 Å². The number of imidazole rings is 1. The molecule has 0 saturated carbocycles. The highest BCUT2D eigenvalue weighted by atomic mass is 19.1. The molecule has 2 aromatic rings. The second-order valence-corrected chi connectivity index (χ2v) is 4.41.